The second-order valence-corrected chi connectivity index (χ2v) is 5.64. The Labute approximate surface area is 125 Å². The maximum absolute atomic E-state index is 3.54. The van der Waals surface area contributed by atoms with E-state index in [-0.39, 0.29) is 0 Å². The standard InChI is InChI=1S/C18H32N2/c1-6-9-14-20(15(4)7-2)18-13-11-10-12-17(18)16(5)19-8-3/h10-13,15-16,19H,6-9,14H2,1-5H3. The lowest BCUT2D eigenvalue weighted by Crippen LogP contribution is -2.35. The van der Waals surface area contributed by atoms with Crippen LogP contribution in [0.15, 0.2) is 24.3 Å². The molecule has 114 valence electrons. The summed E-state index contributed by atoms with van der Waals surface area (Å²) in [5.74, 6) is 0. The van der Waals surface area contributed by atoms with Crippen molar-refractivity contribution in [1.82, 2.24) is 5.32 Å². The van der Waals surface area contributed by atoms with E-state index in [9.17, 15) is 0 Å². The van der Waals surface area contributed by atoms with Gasteiger partial charge in [-0.15, -0.1) is 0 Å². The van der Waals surface area contributed by atoms with E-state index in [1.807, 2.05) is 0 Å². The van der Waals surface area contributed by atoms with Crippen molar-refractivity contribution in [3.63, 3.8) is 0 Å². The van der Waals surface area contributed by atoms with Gasteiger partial charge >= 0.3 is 0 Å². The van der Waals surface area contributed by atoms with Crippen LogP contribution < -0.4 is 10.2 Å². The second-order valence-electron chi connectivity index (χ2n) is 5.64. The summed E-state index contributed by atoms with van der Waals surface area (Å²) in [4.78, 5) is 2.59. The fourth-order valence-corrected chi connectivity index (χ4v) is 2.66. The Kier molecular flexibility index (Phi) is 7.68. The molecule has 1 N–H and O–H groups in total. The van der Waals surface area contributed by atoms with Gasteiger partial charge in [0.25, 0.3) is 0 Å². The molecule has 0 bridgehead atoms. The molecule has 0 aliphatic heterocycles. The molecule has 0 aliphatic carbocycles. The first-order valence-corrected chi connectivity index (χ1v) is 8.24. The van der Waals surface area contributed by atoms with Crippen LogP contribution in [0.1, 0.15) is 65.5 Å². The SMILES string of the molecule is CCCCN(c1ccccc1C(C)NCC)C(C)CC. The third-order valence-corrected chi connectivity index (χ3v) is 4.10. The normalized spacial score (nSPS) is 14.1. The molecule has 2 heteroatoms. The summed E-state index contributed by atoms with van der Waals surface area (Å²) < 4.78 is 0. The van der Waals surface area contributed by atoms with Crippen molar-refractivity contribution in [2.45, 2.75) is 66.0 Å². The first-order valence-electron chi connectivity index (χ1n) is 8.24. The molecule has 0 saturated carbocycles. The molecule has 20 heavy (non-hydrogen) atoms. The van der Waals surface area contributed by atoms with Crippen LogP contribution in [0.25, 0.3) is 0 Å². The van der Waals surface area contributed by atoms with Gasteiger partial charge in [0.05, 0.1) is 0 Å². The molecule has 2 nitrogen and oxygen atoms in total. The molecule has 0 heterocycles. The van der Waals surface area contributed by atoms with Crippen molar-refractivity contribution in [1.29, 1.82) is 0 Å². The van der Waals surface area contributed by atoms with Crippen LogP contribution in [0, 0.1) is 0 Å². The van der Waals surface area contributed by atoms with Gasteiger partial charge in [0.15, 0.2) is 0 Å². The van der Waals surface area contributed by atoms with E-state index in [4.69, 9.17) is 0 Å². The fraction of sp³-hybridized carbons (Fsp3) is 0.667. The number of anilines is 1. The van der Waals surface area contributed by atoms with E-state index in [0.29, 0.717) is 12.1 Å². The smallest absolute Gasteiger partial charge is 0.0417 e. The van der Waals surface area contributed by atoms with Crippen LogP contribution >= 0.6 is 0 Å². The minimum absolute atomic E-state index is 0.407. The number of unbranched alkanes of at least 4 members (excludes halogenated alkanes) is 1. The average Bonchev–Trinajstić information content (AvgIpc) is 2.48. The number of hydrogen-bond donors (Lipinski definition) is 1. The first-order chi connectivity index (χ1) is 9.65. The quantitative estimate of drug-likeness (QED) is 0.699. The molecular formula is C18H32N2. The van der Waals surface area contributed by atoms with Crippen LogP contribution in [0.2, 0.25) is 0 Å². The molecular weight excluding hydrogens is 244 g/mol. The van der Waals surface area contributed by atoms with Gasteiger partial charge in [-0.25, -0.2) is 0 Å². The number of nitrogens with one attached hydrogen (secondary N) is 1. The Bertz CT molecular complexity index is 375. The summed E-state index contributed by atoms with van der Waals surface area (Å²) in [6.07, 6.45) is 3.69. The Morgan fingerprint density at radius 2 is 1.80 bits per heavy atom. The van der Waals surface area contributed by atoms with Crippen molar-refractivity contribution in [3.05, 3.63) is 29.8 Å². The maximum Gasteiger partial charge on any atom is 0.0417 e. The molecule has 0 radical (unpaired) electrons. The van der Waals surface area contributed by atoms with Gasteiger partial charge in [0.2, 0.25) is 0 Å². The van der Waals surface area contributed by atoms with E-state index in [2.05, 4.69) is 69.1 Å². The van der Waals surface area contributed by atoms with Crippen molar-refractivity contribution in [2.24, 2.45) is 0 Å². The number of nitrogens with zero attached hydrogens (tertiary/aromatic N) is 1. The van der Waals surface area contributed by atoms with Crippen LogP contribution in [-0.2, 0) is 0 Å². The van der Waals surface area contributed by atoms with E-state index >= 15 is 0 Å². The van der Waals surface area contributed by atoms with E-state index < -0.39 is 0 Å². The second kappa shape index (κ2) is 9.02. The molecule has 1 aromatic rings. The zero-order valence-corrected chi connectivity index (χ0v) is 13.9. The number of benzene rings is 1. The average molecular weight is 276 g/mol. The monoisotopic (exact) mass is 276 g/mol. The van der Waals surface area contributed by atoms with Crippen LogP contribution in [-0.4, -0.2) is 19.1 Å². The van der Waals surface area contributed by atoms with Crippen LogP contribution in [0.4, 0.5) is 5.69 Å². The molecule has 0 aromatic heterocycles. The minimum Gasteiger partial charge on any atom is -0.369 e. The lowest BCUT2D eigenvalue weighted by Gasteiger charge is -2.34. The van der Waals surface area contributed by atoms with E-state index in [0.717, 1.165) is 13.1 Å². The summed E-state index contributed by atoms with van der Waals surface area (Å²) in [6.45, 7) is 13.5. The van der Waals surface area contributed by atoms with Gasteiger partial charge in [0, 0.05) is 24.3 Å². The van der Waals surface area contributed by atoms with Gasteiger partial charge in [0.1, 0.15) is 0 Å². The third kappa shape index (κ3) is 4.52. The topological polar surface area (TPSA) is 15.3 Å². The molecule has 1 aromatic carbocycles. The molecule has 0 spiro atoms. The molecule has 0 amide bonds. The van der Waals surface area contributed by atoms with E-state index in [1.165, 1.54) is 30.5 Å². The lowest BCUT2D eigenvalue weighted by atomic mass is 10.0. The van der Waals surface area contributed by atoms with Gasteiger partial charge in [-0.3, -0.25) is 0 Å². The summed E-state index contributed by atoms with van der Waals surface area (Å²) in [5.41, 5.74) is 2.83. The molecule has 0 aliphatic rings. The summed E-state index contributed by atoms with van der Waals surface area (Å²) in [7, 11) is 0. The highest BCUT2D eigenvalue weighted by Crippen LogP contribution is 2.28. The summed E-state index contributed by atoms with van der Waals surface area (Å²) in [6, 6.07) is 9.87. The van der Waals surface area contributed by atoms with Crippen molar-refractivity contribution in [3.8, 4) is 0 Å². The van der Waals surface area contributed by atoms with Crippen LogP contribution in [0.5, 0.6) is 0 Å². The lowest BCUT2D eigenvalue weighted by molar-refractivity contribution is 0.571. The highest BCUT2D eigenvalue weighted by atomic mass is 15.2. The Morgan fingerprint density at radius 1 is 1.10 bits per heavy atom. The number of hydrogen-bond acceptors (Lipinski definition) is 2. The summed E-state index contributed by atoms with van der Waals surface area (Å²) in [5, 5.41) is 3.54. The zero-order chi connectivity index (χ0) is 15.0. The highest BCUT2D eigenvalue weighted by molar-refractivity contribution is 5.55. The Hall–Kier alpha value is -1.02. The zero-order valence-electron chi connectivity index (χ0n) is 13.9. The van der Waals surface area contributed by atoms with Crippen molar-refractivity contribution >= 4 is 5.69 Å². The van der Waals surface area contributed by atoms with Gasteiger partial charge in [-0.2, -0.15) is 0 Å². The summed E-state index contributed by atoms with van der Waals surface area (Å²) >= 11 is 0. The number of rotatable bonds is 9. The predicted octanol–water partition coefficient (Wildman–Crippen LogP) is 4.76. The van der Waals surface area contributed by atoms with Gasteiger partial charge < -0.3 is 10.2 Å². The molecule has 1 rings (SSSR count). The highest BCUT2D eigenvalue weighted by Gasteiger charge is 2.18. The number of para-hydroxylation sites is 1. The third-order valence-electron chi connectivity index (χ3n) is 4.10. The predicted molar refractivity (Wildman–Crippen MR) is 90.5 cm³/mol. The molecule has 2 unspecified atom stereocenters. The van der Waals surface area contributed by atoms with Crippen molar-refractivity contribution < 1.29 is 0 Å². The molecule has 0 saturated heterocycles. The Morgan fingerprint density at radius 3 is 2.40 bits per heavy atom. The largest absolute Gasteiger partial charge is 0.369 e. The fourth-order valence-electron chi connectivity index (χ4n) is 2.66. The van der Waals surface area contributed by atoms with Gasteiger partial charge in [-0.05, 0) is 44.9 Å². The van der Waals surface area contributed by atoms with Crippen molar-refractivity contribution in [2.75, 3.05) is 18.0 Å². The molecule has 2 atom stereocenters. The first kappa shape index (κ1) is 17.0. The minimum atomic E-state index is 0.407. The maximum atomic E-state index is 3.54. The van der Waals surface area contributed by atoms with E-state index in [1.54, 1.807) is 0 Å². The Balaban J connectivity index is 3.05. The van der Waals surface area contributed by atoms with Crippen LogP contribution in [0.3, 0.4) is 0 Å². The molecule has 0 fully saturated rings. The van der Waals surface area contributed by atoms with Gasteiger partial charge in [-0.1, -0.05) is 45.4 Å².